The molecule has 1 aromatic carbocycles. The number of rotatable bonds is 9. The molecular formula is C16H21FN2O5S. The Morgan fingerprint density at radius 1 is 1.28 bits per heavy atom. The third kappa shape index (κ3) is 5.79. The van der Waals surface area contributed by atoms with Crippen molar-refractivity contribution >= 4 is 21.9 Å². The zero-order valence-electron chi connectivity index (χ0n) is 13.9. The monoisotopic (exact) mass is 372 g/mol. The average Bonchev–Trinajstić information content (AvgIpc) is 3.37. The van der Waals surface area contributed by atoms with Crippen LogP contribution in [0.25, 0.3) is 0 Å². The first-order chi connectivity index (χ1) is 11.8. The number of hydrogen-bond acceptors (Lipinski definition) is 5. The van der Waals surface area contributed by atoms with Crippen LogP contribution in [0.15, 0.2) is 23.1 Å². The summed E-state index contributed by atoms with van der Waals surface area (Å²) in [5, 5.41) is 2.61. The van der Waals surface area contributed by atoms with Gasteiger partial charge in [0.05, 0.1) is 7.11 Å². The van der Waals surface area contributed by atoms with Gasteiger partial charge in [0, 0.05) is 24.6 Å². The summed E-state index contributed by atoms with van der Waals surface area (Å²) in [6.45, 7) is 0.315. The lowest BCUT2D eigenvalue weighted by Crippen LogP contribution is -2.28. The molecule has 2 N–H and O–H groups in total. The molecule has 0 atom stereocenters. The fourth-order valence-electron chi connectivity index (χ4n) is 2.14. The van der Waals surface area contributed by atoms with Crippen LogP contribution < -0.4 is 10.0 Å². The topological polar surface area (TPSA) is 102 Å². The number of hydrogen-bond donors (Lipinski definition) is 2. The summed E-state index contributed by atoms with van der Waals surface area (Å²) in [4.78, 5) is 22.5. The Morgan fingerprint density at radius 3 is 2.64 bits per heavy atom. The predicted molar refractivity (Wildman–Crippen MR) is 87.9 cm³/mol. The number of carbonyl (C=O) groups is 2. The molecule has 1 aromatic rings. The van der Waals surface area contributed by atoms with Gasteiger partial charge in [0.15, 0.2) is 0 Å². The standard InChI is InChI=1S/C16H21FN2O5S/c1-24-15(20)4-2-3-9-18-16(21)11-5-8-13(17)14(10-11)25(22,23)19-12-6-7-12/h5,8,10,12,19H,2-4,6-7,9H2,1H3,(H,18,21). The summed E-state index contributed by atoms with van der Waals surface area (Å²) in [6.07, 6.45) is 2.84. The highest BCUT2D eigenvalue weighted by Gasteiger charge is 2.30. The second kappa shape index (κ2) is 8.39. The molecule has 0 unspecified atom stereocenters. The van der Waals surface area contributed by atoms with Gasteiger partial charge >= 0.3 is 5.97 Å². The van der Waals surface area contributed by atoms with Crippen molar-refractivity contribution in [3.8, 4) is 0 Å². The molecule has 7 nitrogen and oxygen atoms in total. The van der Waals surface area contributed by atoms with Crippen molar-refractivity contribution in [3.05, 3.63) is 29.6 Å². The van der Waals surface area contributed by atoms with Gasteiger partial charge in [0.25, 0.3) is 5.91 Å². The molecule has 0 saturated heterocycles. The number of ether oxygens (including phenoxy) is 1. The zero-order chi connectivity index (χ0) is 18.4. The van der Waals surface area contributed by atoms with Gasteiger partial charge in [-0.3, -0.25) is 9.59 Å². The Labute approximate surface area is 146 Å². The third-order valence-electron chi connectivity index (χ3n) is 3.70. The maximum atomic E-state index is 13.9. The van der Waals surface area contributed by atoms with Gasteiger partial charge < -0.3 is 10.1 Å². The van der Waals surface area contributed by atoms with Crippen LogP contribution in [0.3, 0.4) is 0 Å². The molecule has 1 amide bonds. The minimum absolute atomic E-state index is 0.0607. The van der Waals surface area contributed by atoms with Gasteiger partial charge in [-0.15, -0.1) is 0 Å². The van der Waals surface area contributed by atoms with Crippen molar-refractivity contribution in [1.82, 2.24) is 10.0 Å². The highest BCUT2D eigenvalue weighted by Crippen LogP contribution is 2.24. The second-order valence-electron chi connectivity index (χ2n) is 5.83. The van der Waals surface area contributed by atoms with E-state index in [-0.39, 0.29) is 24.0 Å². The van der Waals surface area contributed by atoms with Gasteiger partial charge in [-0.25, -0.2) is 17.5 Å². The van der Waals surface area contributed by atoms with E-state index in [0.717, 1.165) is 25.0 Å². The molecule has 2 rings (SSSR count). The van der Waals surface area contributed by atoms with E-state index < -0.39 is 26.6 Å². The van der Waals surface area contributed by atoms with Crippen molar-refractivity contribution in [2.75, 3.05) is 13.7 Å². The fraction of sp³-hybridized carbons (Fsp3) is 0.500. The third-order valence-corrected chi connectivity index (χ3v) is 5.24. The number of unbranched alkanes of at least 4 members (excludes halogenated alkanes) is 1. The Morgan fingerprint density at radius 2 is 2.00 bits per heavy atom. The van der Waals surface area contributed by atoms with Crippen molar-refractivity contribution in [1.29, 1.82) is 0 Å². The smallest absolute Gasteiger partial charge is 0.305 e. The first kappa shape index (κ1) is 19.3. The zero-order valence-corrected chi connectivity index (χ0v) is 14.7. The van der Waals surface area contributed by atoms with E-state index in [0.29, 0.717) is 19.4 Å². The lowest BCUT2D eigenvalue weighted by molar-refractivity contribution is -0.140. The van der Waals surface area contributed by atoms with Crippen LogP contribution in [0.2, 0.25) is 0 Å². The van der Waals surface area contributed by atoms with Crippen molar-refractivity contribution in [2.24, 2.45) is 0 Å². The molecule has 0 radical (unpaired) electrons. The van der Waals surface area contributed by atoms with E-state index in [4.69, 9.17) is 0 Å². The molecule has 0 spiro atoms. The SMILES string of the molecule is COC(=O)CCCCNC(=O)c1ccc(F)c(S(=O)(=O)NC2CC2)c1. The molecule has 0 aliphatic heterocycles. The summed E-state index contributed by atoms with van der Waals surface area (Å²) in [6, 6.07) is 3.07. The van der Waals surface area contributed by atoms with E-state index in [1.54, 1.807) is 0 Å². The van der Waals surface area contributed by atoms with Crippen LogP contribution in [0.1, 0.15) is 42.5 Å². The molecule has 1 aliphatic carbocycles. The lowest BCUT2D eigenvalue weighted by atomic mass is 10.2. The number of carbonyl (C=O) groups excluding carboxylic acids is 2. The molecule has 0 aromatic heterocycles. The van der Waals surface area contributed by atoms with Crippen molar-refractivity contribution in [2.45, 2.75) is 43.0 Å². The van der Waals surface area contributed by atoms with Crippen LogP contribution in [0, 0.1) is 5.82 Å². The number of halogens is 1. The first-order valence-corrected chi connectivity index (χ1v) is 9.48. The predicted octanol–water partition coefficient (Wildman–Crippen LogP) is 1.34. The maximum absolute atomic E-state index is 13.9. The van der Waals surface area contributed by atoms with Gasteiger partial charge in [0.1, 0.15) is 10.7 Å². The molecule has 1 aliphatic rings. The molecule has 138 valence electrons. The van der Waals surface area contributed by atoms with E-state index in [1.165, 1.54) is 13.2 Å². The normalized spacial score (nSPS) is 14.2. The molecule has 25 heavy (non-hydrogen) atoms. The number of benzene rings is 1. The van der Waals surface area contributed by atoms with Gasteiger partial charge in [0.2, 0.25) is 10.0 Å². The van der Waals surface area contributed by atoms with Crippen molar-refractivity contribution < 1.29 is 27.1 Å². The first-order valence-electron chi connectivity index (χ1n) is 8.00. The van der Waals surface area contributed by atoms with E-state index >= 15 is 0 Å². The van der Waals surface area contributed by atoms with Crippen LogP contribution in [0.4, 0.5) is 4.39 Å². The summed E-state index contributed by atoms with van der Waals surface area (Å²) in [5.41, 5.74) is 0.0607. The lowest BCUT2D eigenvalue weighted by Gasteiger charge is -2.09. The van der Waals surface area contributed by atoms with E-state index in [1.807, 2.05) is 0 Å². The van der Waals surface area contributed by atoms with Crippen molar-refractivity contribution in [3.63, 3.8) is 0 Å². The summed E-state index contributed by atoms with van der Waals surface area (Å²) >= 11 is 0. The maximum Gasteiger partial charge on any atom is 0.305 e. The van der Waals surface area contributed by atoms with Gasteiger partial charge in [-0.05, 0) is 43.9 Å². The van der Waals surface area contributed by atoms with Gasteiger partial charge in [-0.2, -0.15) is 0 Å². The Balaban J connectivity index is 1.94. The minimum atomic E-state index is -3.98. The number of nitrogens with one attached hydrogen (secondary N) is 2. The molecule has 1 saturated carbocycles. The number of methoxy groups -OCH3 is 1. The Hall–Kier alpha value is -2.00. The van der Waals surface area contributed by atoms with E-state index in [2.05, 4.69) is 14.8 Å². The molecule has 9 heteroatoms. The largest absolute Gasteiger partial charge is 0.469 e. The summed E-state index contributed by atoms with van der Waals surface area (Å²) in [7, 11) is -2.67. The van der Waals surface area contributed by atoms with Crippen LogP contribution in [0.5, 0.6) is 0 Å². The van der Waals surface area contributed by atoms with E-state index in [9.17, 15) is 22.4 Å². The molecule has 0 heterocycles. The van der Waals surface area contributed by atoms with Crippen LogP contribution in [-0.2, 0) is 19.6 Å². The Kier molecular flexibility index (Phi) is 6.49. The number of esters is 1. The average molecular weight is 372 g/mol. The quantitative estimate of drug-likeness (QED) is 0.503. The minimum Gasteiger partial charge on any atom is -0.469 e. The highest BCUT2D eigenvalue weighted by atomic mass is 32.2. The number of amides is 1. The molecular weight excluding hydrogens is 351 g/mol. The summed E-state index contributed by atoms with van der Waals surface area (Å²) in [5.74, 6) is -1.72. The highest BCUT2D eigenvalue weighted by molar-refractivity contribution is 7.89. The Bertz CT molecular complexity index is 747. The fourth-order valence-corrected chi connectivity index (χ4v) is 3.54. The van der Waals surface area contributed by atoms with Crippen LogP contribution in [-0.4, -0.2) is 40.0 Å². The number of sulfonamides is 1. The van der Waals surface area contributed by atoms with Gasteiger partial charge in [-0.1, -0.05) is 0 Å². The summed E-state index contributed by atoms with van der Waals surface area (Å²) < 4.78 is 45.0. The molecule has 0 bridgehead atoms. The molecule has 1 fully saturated rings. The second-order valence-corrected chi connectivity index (χ2v) is 7.51. The van der Waals surface area contributed by atoms with Crippen LogP contribution >= 0.6 is 0 Å².